The van der Waals surface area contributed by atoms with E-state index in [0.717, 1.165) is 32.5 Å². The predicted octanol–water partition coefficient (Wildman–Crippen LogP) is 3.19. The van der Waals surface area contributed by atoms with Gasteiger partial charge >= 0.3 is 0 Å². The number of halogens is 2. The molecule has 0 spiro atoms. The highest BCUT2D eigenvalue weighted by atomic mass is 79.9. The van der Waals surface area contributed by atoms with Gasteiger partial charge in [-0.05, 0) is 78.8 Å². The van der Waals surface area contributed by atoms with E-state index in [0.29, 0.717) is 22.0 Å². The van der Waals surface area contributed by atoms with Gasteiger partial charge in [-0.3, -0.25) is 4.79 Å². The molecule has 1 amide bonds. The highest BCUT2D eigenvalue weighted by molar-refractivity contribution is 9.10. The molecule has 21 heavy (non-hydrogen) atoms. The van der Waals surface area contributed by atoms with Crippen LogP contribution in [0.5, 0.6) is 0 Å². The molecule has 5 heteroatoms. The van der Waals surface area contributed by atoms with Gasteiger partial charge in [0.2, 0.25) is 0 Å². The number of hydrogen-bond acceptors (Lipinski definition) is 2. The summed E-state index contributed by atoms with van der Waals surface area (Å²) in [5.74, 6) is 0.233. The lowest BCUT2D eigenvalue weighted by Crippen LogP contribution is -2.42. The number of nitrogens with zero attached hydrogens (tertiary/aromatic N) is 1. The molecule has 1 aromatic rings. The van der Waals surface area contributed by atoms with Gasteiger partial charge in [-0.25, -0.2) is 4.39 Å². The summed E-state index contributed by atoms with van der Waals surface area (Å²) in [7, 11) is 0. The van der Waals surface area contributed by atoms with E-state index in [-0.39, 0.29) is 11.7 Å². The van der Waals surface area contributed by atoms with Crippen molar-refractivity contribution in [2.45, 2.75) is 31.7 Å². The molecule has 114 valence electrons. The molecular formula is C16H20BrFN2O. The van der Waals surface area contributed by atoms with E-state index in [9.17, 15) is 9.18 Å². The fraction of sp³-hybridized carbons (Fsp3) is 0.562. The Balaban J connectivity index is 1.73. The maximum Gasteiger partial charge on any atom is 0.254 e. The number of carbonyl (C=O) groups excluding carboxylic acids is 1. The molecule has 3 nitrogen and oxygen atoms in total. The third-order valence-corrected chi connectivity index (χ3v) is 4.88. The lowest BCUT2D eigenvalue weighted by Gasteiger charge is -2.30. The Morgan fingerprint density at radius 3 is 2.81 bits per heavy atom. The number of carbonyl (C=O) groups is 1. The van der Waals surface area contributed by atoms with Crippen LogP contribution in [0.25, 0.3) is 0 Å². The maximum absolute atomic E-state index is 13.3. The molecule has 3 rings (SSSR count). The first-order chi connectivity index (χ1) is 10.1. The van der Waals surface area contributed by atoms with Gasteiger partial charge in [0.05, 0.1) is 4.47 Å². The molecule has 0 radical (unpaired) electrons. The summed E-state index contributed by atoms with van der Waals surface area (Å²) in [6.45, 7) is 2.88. The third kappa shape index (κ3) is 3.64. The van der Waals surface area contributed by atoms with Gasteiger partial charge in [0.25, 0.3) is 5.91 Å². The summed E-state index contributed by atoms with van der Waals surface area (Å²) in [6.07, 6.45) is 4.54. The van der Waals surface area contributed by atoms with E-state index in [4.69, 9.17) is 0 Å². The van der Waals surface area contributed by atoms with E-state index in [1.165, 1.54) is 18.9 Å². The predicted molar refractivity (Wildman–Crippen MR) is 83.8 cm³/mol. The molecule has 2 aliphatic rings. The fourth-order valence-electron chi connectivity index (χ4n) is 2.94. The number of nitrogens with one attached hydrogen (secondary N) is 1. The van der Waals surface area contributed by atoms with Crippen LogP contribution in [0, 0.1) is 11.7 Å². The van der Waals surface area contributed by atoms with Gasteiger partial charge in [0, 0.05) is 18.2 Å². The minimum Gasteiger partial charge on any atom is -0.335 e. The van der Waals surface area contributed by atoms with Crippen LogP contribution in [0.4, 0.5) is 4.39 Å². The zero-order chi connectivity index (χ0) is 14.8. The standard InChI is InChI=1S/C16H20BrFN2O/c17-14-8-12(3-6-15(14)18)16(21)20(13-4-5-13)10-11-2-1-7-19-9-11/h3,6,8,11,13,19H,1-2,4-5,7,9-10H2. The Labute approximate surface area is 133 Å². The van der Waals surface area contributed by atoms with Crippen molar-refractivity contribution in [3.8, 4) is 0 Å². The first-order valence-electron chi connectivity index (χ1n) is 7.62. The van der Waals surface area contributed by atoms with E-state index in [1.807, 2.05) is 4.90 Å². The Bertz CT molecular complexity index is 527. The van der Waals surface area contributed by atoms with Crippen LogP contribution in [-0.2, 0) is 0 Å². The zero-order valence-electron chi connectivity index (χ0n) is 11.9. The lowest BCUT2D eigenvalue weighted by atomic mass is 9.98. The Hall–Kier alpha value is -0.940. The molecule has 1 aromatic carbocycles. The second-order valence-corrected chi connectivity index (χ2v) is 6.88. The summed E-state index contributed by atoms with van der Waals surface area (Å²) in [6, 6.07) is 4.90. The van der Waals surface area contributed by atoms with Gasteiger partial charge in [-0.15, -0.1) is 0 Å². The quantitative estimate of drug-likeness (QED) is 0.900. The molecule has 1 atom stereocenters. The zero-order valence-corrected chi connectivity index (χ0v) is 13.5. The Morgan fingerprint density at radius 2 is 2.19 bits per heavy atom. The van der Waals surface area contributed by atoms with Gasteiger partial charge in [-0.2, -0.15) is 0 Å². The van der Waals surface area contributed by atoms with Crippen LogP contribution < -0.4 is 5.32 Å². The molecule has 0 aromatic heterocycles. The van der Waals surface area contributed by atoms with Crippen LogP contribution in [0.2, 0.25) is 0 Å². The van der Waals surface area contributed by atoms with E-state index >= 15 is 0 Å². The molecule has 1 aliphatic heterocycles. The van der Waals surface area contributed by atoms with Crippen molar-refractivity contribution in [2.75, 3.05) is 19.6 Å². The largest absolute Gasteiger partial charge is 0.335 e. The van der Waals surface area contributed by atoms with Crippen molar-refractivity contribution in [3.05, 3.63) is 34.1 Å². The van der Waals surface area contributed by atoms with Crippen molar-refractivity contribution < 1.29 is 9.18 Å². The monoisotopic (exact) mass is 354 g/mol. The van der Waals surface area contributed by atoms with Crippen molar-refractivity contribution in [1.29, 1.82) is 0 Å². The summed E-state index contributed by atoms with van der Waals surface area (Å²) < 4.78 is 13.7. The maximum atomic E-state index is 13.3. The van der Waals surface area contributed by atoms with Gasteiger partial charge in [0.1, 0.15) is 5.82 Å². The van der Waals surface area contributed by atoms with Crippen molar-refractivity contribution in [3.63, 3.8) is 0 Å². The minimum absolute atomic E-state index is 0.0313. The SMILES string of the molecule is O=C(c1ccc(F)c(Br)c1)N(CC1CCCNC1)C1CC1. The molecule has 1 unspecified atom stereocenters. The molecule has 1 N–H and O–H groups in total. The molecule has 1 saturated carbocycles. The van der Waals surface area contributed by atoms with Crippen LogP contribution >= 0.6 is 15.9 Å². The number of amides is 1. The topological polar surface area (TPSA) is 32.3 Å². The Kier molecular flexibility index (Phi) is 4.60. The molecule has 1 aliphatic carbocycles. The van der Waals surface area contributed by atoms with E-state index in [2.05, 4.69) is 21.2 Å². The number of hydrogen-bond donors (Lipinski definition) is 1. The van der Waals surface area contributed by atoms with Gasteiger partial charge in [0.15, 0.2) is 0 Å². The highest BCUT2D eigenvalue weighted by Gasteiger charge is 2.34. The summed E-state index contributed by atoms with van der Waals surface area (Å²) in [4.78, 5) is 14.7. The Morgan fingerprint density at radius 1 is 1.38 bits per heavy atom. The smallest absolute Gasteiger partial charge is 0.254 e. The second-order valence-electron chi connectivity index (χ2n) is 6.03. The lowest BCUT2D eigenvalue weighted by molar-refractivity contribution is 0.0704. The first-order valence-corrected chi connectivity index (χ1v) is 8.41. The second kappa shape index (κ2) is 6.44. The van der Waals surface area contributed by atoms with Crippen LogP contribution in [0.15, 0.2) is 22.7 Å². The summed E-state index contributed by atoms with van der Waals surface area (Å²) in [5, 5.41) is 3.40. The third-order valence-electron chi connectivity index (χ3n) is 4.27. The highest BCUT2D eigenvalue weighted by Crippen LogP contribution is 2.30. The molecule has 1 heterocycles. The fourth-order valence-corrected chi connectivity index (χ4v) is 3.32. The minimum atomic E-state index is -0.332. The van der Waals surface area contributed by atoms with Crippen LogP contribution in [-0.4, -0.2) is 36.5 Å². The van der Waals surface area contributed by atoms with Gasteiger partial charge in [-0.1, -0.05) is 0 Å². The molecule has 0 bridgehead atoms. The number of benzene rings is 1. The average molecular weight is 355 g/mol. The van der Waals surface area contributed by atoms with Crippen molar-refractivity contribution in [1.82, 2.24) is 10.2 Å². The average Bonchev–Trinajstić information content (AvgIpc) is 3.33. The van der Waals surface area contributed by atoms with Crippen LogP contribution in [0.1, 0.15) is 36.0 Å². The van der Waals surface area contributed by atoms with Gasteiger partial charge < -0.3 is 10.2 Å². The molecule has 2 fully saturated rings. The summed E-state index contributed by atoms with van der Waals surface area (Å²) in [5.41, 5.74) is 0.568. The molecular weight excluding hydrogens is 335 g/mol. The summed E-state index contributed by atoms with van der Waals surface area (Å²) >= 11 is 3.16. The van der Waals surface area contributed by atoms with Crippen molar-refractivity contribution in [2.24, 2.45) is 5.92 Å². The number of piperidine rings is 1. The van der Waals surface area contributed by atoms with Crippen LogP contribution in [0.3, 0.4) is 0 Å². The van der Waals surface area contributed by atoms with E-state index in [1.54, 1.807) is 12.1 Å². The first kappa shape index (κ1) is 15.0. The normalized spacial score (nSPS) is 22.1. The van der Waals surface area contributed by atoms with Crippen molar-refractivity contribution >= 4 is 21.8 Å². The molecule has 1 saturated heterocycles. The number of rotatable bonds is 4. The van der Waals surface area contributed by atoms with E-state index < -0.39 is 0 Å².